The van der Waals surface area contributed by atoms with Crippen molar-refractivity contribution in [1.29, 1.82) is 0 Å². The maximum absolute atomic E-state index is 4.21. The maximum atomic E-state index is 4.21. The van der Waals surface area contributed by atoms with Crippen LogP contribution in [0, 0.1) is 6.92 Å². The molecule has 0 aliphatic heterocycles. The van der Waals surface area contributed by atoms with Crippen LogP contribution in [0.15, 0.2) is 36.5 Å². The number of hydrogen-bond acceptors (Lipinski definition) is 1. The second-order valence-corrected chi connectivity index (χ2v) is 2.62. The van der Waals surface area contributed by atoms with Crippen molar-refractivity contribution in [2.75, 3.05) is 0 Å². The molecule has 1 aromatic heterocycles. The van der Waals surface area contributed by atoms with Crippen LogP contribution in [-0.2, 0) is 21.1 Å². The first-order valence-electron chi connectivity index (χ1n) is 3.68. The first-order chi connectivity index (χ1) is 5.38. The van der Waals surface area contributed by atoms with Crippen LogP contribution in [0.25, 0.3) is 10.8 Å². The van der Waals surface area contributed by atoms with Crippen LogP contribution >= 0.6 is 0 Å². The van der Waals surface area contributed by atoms with Crippen molar-refractivity contribution in [2.45, 2.75) is 6.92 Å². The normalized spacial score (nSPS) is 9.42. The molecule has 1 aromatic carbocycles. The summed E-state index contributed by atoms with van der Waals surface area (Å²) in [5.74, 6) is 0. The molecule has 0 saturated heterocycles. The molecule has 2 aromatic rings. The Kier molecular flexibility index (Phi) is 2.99. The van der Waals surface area contributed by atoms with E-state index in [9.17, 15) is 0 Å². The van der Waals surface area contributed by atoms with Crippen LogP contribution in [0.3, 0.4) is 0 Å². The summed E-state index contributed by atoms with van der Waals surface area (Å²) >= 11 is 0. The SMILES string of the molecule is Cc1nccc2ccccc12.[Pt]. The smallest absolute Gasteiger partial charge is 0.0450 e. The molecule has 0 atom stereocenters. The Labute approximate surface area is 86.1 Å². The Morgan fingerprint density at radius 3 is 2.58 bits per heavy atom. The van der Waals surface area contributed by atoms with Crippen molar-refractivity contribution >= 4 is 10.8 Å². The monoisotopic (exact) mass is 338 g/mol. The van der Waals surface area contributed by atoms with Crippen LogP contribution in [0.1, 0.15) is 5.69 Å². The summed E-state index contributed by atoms with van der Waals surface area (Å²) in [4.78, 5) is 4.21. The van der Waals surface area contributed by atoms with Gasteiger partial charge in [0.25, 0.3) is 0 Å². The van der Waals surface area contributed by atoms with E-state index in [1.165, 1.54) is 10.8 Å². The molecule has 2 heteroatoms. The maximum Gasteiger partial charge on any atom is 0.0450 e. The van der Waals surface area contributed by atoms with Gasteiger partial charge in [-0.05, 0) is 18.4 Å². The molecule has 0 bridgehead atoms. The van der Waals surface area contributed by atoms with Crippen molar-refractivity contribution < 1.29 is 21.1 Å². The van der Waals surface area contributed by atoms with E-state index in [1.54, 1.807) is 0 Å². The average Bonchev–Trinajstić information content (AvgIpc) is 2.06. The Morgan fingerprint density at radius 2 is 1.83 bits per heavy atom. The minimum Gasteiger partial charge on any atom is -0.261 e. The van der Waals surface area contributed by atoms with Gasteiger partial charge in [0.2, 0.25) is 0 Å². The zero-order valence-electron chi connectivity index (χ0n) is 6.73. The number of nitrogens with zero attached hydrogens (tertiary/aromatic N) is 1. The largest absolute Gasteiger partial charge is 0.261 e. The van der Waals surface area contributed by atoms with Gasteiger partial charge in [-0.2, -0.15) is 0 Å². The van der Waals surface area contributed by atoms with Gasteiger partial charge < -0.3 is 0 Å². The molecule has 64 valence electrons. The zero-order valence-corrected chi connectivity index (χ0v) is 9.00. The molecule has 0 N–H and O–H groups in total. The Bertz CT molecular complexity index is 379. The molecule has 0 fully saturated rings. The van der Waals surface area contributed by atoms with Crippen molar-refractivity contribution in [3.05, 3.63) is 42.2 Å². The van der Waals surface area contributed by atoms with Gasteiger partial charge in [-0.15, -0.1) is 0 Å². The predicted molar refractivity (Wildman–Crippen MR) is 46.5 cm³/mol. The minimum atomic E-state index is 0. The second kappa shape index (κ2) is 3.82. The molecule has 0 spiro atoms. The zero-order chi connectivity index (χ0) is 7.68. The van der Waals surface area contributed by atoms with E-state index in [0.717, 1.165) is 5.69 Å². The first kappa shape index (κ1) is 9.41. The van der Waals surface area contributed by atoms with E-state index in [1.807, 2.05) is 31.3 Å². The molecule has 2 rings (SSSR count). The summed E-state index contributed by atoms with van der Waals surface area (Å²) in [6, 6.07) is 10.3. The molecule has 12 heavy (non-hydrogen) atoms. The van der Waals surface area contributed by atoms with Crippen molar-refractivity contribution in [3.63, 3.8) is 0 Å². The van der Waals surface area contributed by atoms with Crippen molar-refractivity contribution in [2.24, 2.45) is 0 Å². The van der Waals surface area contributed by atoms with Crippen molar-refractivity contribution in [1.82, 2.24) is 4.98 Å². The Balaban J connectivity index is 0.000000720. The molecule has 1 nitrogen and oxygen atoms in total. The van der Waals surface area contributed by atoms with Gasteiger partial charge in [0.1, 0.15) is 0 Å². The number of hydrogen-bond donors (Lipinski definition) is 0. The summed E-state index contributed by atoms with van der Waals surface area (Å²) in [7, 11) is 0. The number of rotatable bonds is 0. The van der Waals surface area contributed by atoms with Gasteiger partial charge in [0.05, 0.1) is 0 Å². The van der Waals surface area contributed by atoms with Crippen LogP contribution in [0.4, 0.5) is 0 Å². The molecule has 0 amide bonds. The third-order valence-corrected chi connectivity index (χ3v) is 1.87. The standard InChI is InChI=1S/C10H9N.Pt/c1-8-10-5-3-2-4-9(10)6-7-11-8;/h2-7H,1H3;. The number of aromatic nitrogens is 1. The topological polar surface area (TPSA) is 12.9 Å². The number of aryl methyl sites for hydroxylation is 1. The number of benzene rings is 1. The molecule has 0 unspecified atom stereocenters. The fourth-order valence-corrected chi connectivity index (χ4v) is 1.27. The summed E-state index contributed by atoms with van der Waals surface area (Å²) in [5, 5.41) is 2.51. The molecular formula is C10H9NPt. The number of pyridine rings is 1. The molecule has 0 saturated carbocycles. The van der Waals surface area contributed by atoms with E-state index >= 15 is 0 Å². The summed E-state index contributed by atoms with van der Waals surface area (Å²) in [5.41, 5.74) is 1.10. The van der Waals surface area contributed by atoms with Crippen LogP contribution < -0.4 is 0 Å². The second-order valence-electron chi connectivity index (χ2n) is 2.62. The summed E-state index contributed by atoms with van der Waals surface area (Å²) in [6.45, 7) is 2.03. The summed E-state index contributed by atoms with van der Waals surface area (Å²) in [6.07, 6.45) is 1.84. The first-order valence-corrected chi connectivity index (χ1v) is 3.68. The van der Waals surface area contributed by atoms with Crippen molar-refractivity contribution in [3.8, 4) is 0 Å². The van der Waals surface area contributed by atoms with E-state index in [-0.39, 0.29) is 21.1 Å². The van der Waals surface area contributed by atoms with Gasteiger partial charge in [-0.1, -0.05) is 24.3 Å². The van der Waals surface area contributed by atoms with Gasteiger partial charge in [-0.3, -0.25) is 4.98 Å². The third kappa shape index (κ3) is 1.56. The third-order valence-electron chi connectivity index (χ3n) is 1.87. The Morgan fingerprint density at radius 1 is 1.08 bits per heavy atom. The minimum absolute atomic E-state index is 0. The van der Waals surface area contributed by atoms with Gasteiger partial charge in [0, 0.05) is 38.3 Å². The molecule has 0 aliphatic rings. The van der Waals surface area contributed by atoms with Gasteiger partial charge in [-0.25, -0.2) is 0 Å². The van der Waals surface area contributed by atoms with E-state index in [2.05, 4.69) is 17.1 Å². The van der Waals surface area contributed by atoms with Crippen LogP contribution in [-0.4, -0.2) is 4.98 Å². The fraction of sp³-hybridized carbons (Fsp3) is 0.100. The van der Waals surface area contributed by atoms with Gasteiger partial charge >= 0.3 is 0 Å². The van der Waals surface area contributed by atoms with Crippen LogP contribution in [0.5, 0.6) is 0 Å². The van der Waals surface area contributed by atoms with E-state index in [0.29, 0.717) is 0 Å². The van der Waals surface area contributed by atoms with E-state index in [4.69, 9.17) is 0 Å². The molecule has 0 aliphatic carbocycles. The van der Waals surface area contributed by atoms with E-state index < -0.39 is 0 Å². The summed E-state index contributed by atoms with van der Waals surface area (Å²) < 4.78 is 0. The number of fused-ring (bicyclic) bond motifs is 1. The van der Waals surface area contributed by atoms with Crippen LogP contribution in [0.2, 0.25) is 0 Å². The molecular weight excluding hydrogens is 329 g/mol. The molecule has 1 heterocycles. The average molecular weight is 338 g/mol. The predicted octanol–water partition coefficient (Wildman–Crippen LogP) is 2.54. The molecule has 0 radical (unpaired) electrons. The quantitative estimate of drug-likeness (QED) is 0.719. The van der Waals surface area contributed by atoms with Gasteiger partial charge in [0.15, 0.2) is 0 Å². The fourth-order valence-electron chi connectivity index (χ4n) is 1.27. The Hall–Kier alpha value is -0.682.